The highest BCUT2D eigenvalue weighted by atomic mass is 16.4. The summed E-state index contributed by atoms with van der Waals surface area (Å²) in [5, 5.41) is 10.7. The SMILES string of the molecule is CC1CCC(C)N(C(=O)NC(=O)CCC(=O)O)C1. The van der Waals surface area contributed by atoms with E-state index in [4.69, 9.17) is 5.11 Å². The van der Waals surface area contributed by atoms with Crippen molar-refractivity contribution in [3.8, 4) is 0 Å². The van der Waals surface area contributed by atoms with Crippen LogP contribution in [0.3, 0.4) is 0 Å². The van der Waals surface area contributed by atoms with Crippen molar-refractivity contribution in [1.29, 1.82) is 0 Å². The van der Waals surface area contributed by atoms with Crippen molar-refractivity contribution in [2.75, 3.05) is 6.54 Å². The van der Waals surface area contributed by atoms with E-state index in [2.05, 4.69) is 12.2 Å². The smallest absolute Gasteiger partial charge is 0.324 e. The summed E-state index contributed by atoms with van der Waals surface area (Å²) in [5.41, 5.74) is 0. The summed E-state index contributed by atoms with van der Waals surface area (Å²) >= 11 is 0. The first-order valence-corrected chi connectivity index (χ1v) is 6.22. The molecule has 6 nitrogen and oxygen atoms in total. The number of piperidine rings is 1. The molecule has 0 bridgehead atoms. The maximum atomic E-state index is 11.9. The molecule has 1 rings (SSSR count). The molecule has 0 aromatic rings. The Morgan fingerprint density at radius 3 is 2.50 bits per heavy atom. The number of hydrogen-bond donors (Lipinski definition) is 2. The Morgan fingerprint density at radius 2 is 1.89 bits per heavy atom. The molecular formula is C12H20N2O4. The van der Waals surface area contributed by atoms with E-state index >= 15 is 0 Å². The highest BCUT2D eigenvalue weighted by Gasteiger charge is 2.27. The monoisotopic (exact) mass is 256 g/mol. The van der Waals surface area contributed by atoms with Crippen LogP contribution >= 0.6 is 0 Å². The first kappa shape index (κ1) is 14.5. The van der Waals surface area contributed by atoms with Gasteiger partial charge in [0.2, 0.25) is 5.91 Å². The topological polar surface area (TPSA) is 86.7 Å². The van der Waals surface area contributed by atoms with Crippen LogP contribution in [-0.2, 0) is 9.59 Å². The van der Waals surface area contributed by atoms with E-state index in [-0.39, 0.29) is 18.9 Å². The lowest BCUT2D eigenvalue weighted by Crippen LogP contribution is -2.51. The van der Waals surface area contributed by atoms with Crippen LogP contribution in [0.15, 0.2) is 0 Å². The summed E-state index contributed by atoms with van der Waals surface area (Å²) in [4.78, 5) is 35.2. The van der Waals surface area contributed by atoms with Crippen molar-refractivity contribution in [3.63, 3.8) is 0 Å². The van der Waals surface area contributed by atoms with E-state index in [0.29, 0.717) is 12.5 Å². The number of amides is 3. The van der Waals surface area contributed by atoms with Crippen LogP contribution in [0.4, 0.5) is 4.79 Å². The lowest BCUT2D eigenvalue weighted by Gasteiger charge is -2.36. The van der Waals surface area contributed by atoms with E-state index in [1.165, 1.54) is 0 Å². The number of nitrogens with one attached hydrogen (secondary N) is 1. The molecule has 0 radical (unpaired) electrons. The average Bonchev–Trinajstić information content (AvgIpc) is 2.29. The van der Waals surface area contributed by atoms with Crippen LogP contribution in [0.1, 0.15) is 39.5 Å². The van der Waals surface area contributed by atoms with Gasteiger partial charge >= 0.3 is 12.0 Å². The zero-order valence-electron chi connectivity index (χ0n) is 10.8. The number of urea groups is 1. The van der Waals surface area contributed by atoms with Gasteiger partial charge in [-0.15, -0.1) is 0 Å². The van der Waals surface area contributed by atoms with Crippen molar-refractivity contribution in [2.24, 2.45) is 5.92 Å². The fourth-order valence-corrected chi connectivity index (χ4v) is 2.05. The average molecular weight is 256 g/mol. The quantitative estimate of drug-likeness (QED) is 0.794. The van der Waals surface area contributed by atoms with Crippen molar-refractivity contribution in [3.05, 3.63) is 0 Å². The molecule has 0 spiro atoms. The first-order valence-electron chi connectivity index (χ1n) is 6.22. The van der Waals surface area contributed by atoms with Crippen molar-refractivity contribution in [1.82, 2.24) is 10.2 Å². The van der Waals surface area contributed by atoms with Gasteiger partial charge in [-0.2, -0.15) is 0 Å². The molecular weight excluding hydrogens is 236 g/mol. The second kappa shape index (κ2) is 6.37. The van der Waals surface area contributed by atoms with Gasteiger partial charge in [0.05, 0.1) is 6.42 Å². The molecule has 102 valence electrons. The lowest BCUT2D eigenvalue weighted by molar-refractivity contribution is -0.138. The van der Waals surface area contributed by atoms with Crippen LogP contribution in [0.25, 0.3) is 0 Å². The predicted molar refractivity (Wildman–Crippen MR) is 65.0 cm³/mol. The molecule has 3 amide bonds. The summed E-state index contributed by atoms with van der Waals surface area (Å²) in [5.74, 6) is -1.15. The molecule has 1 aliphatic rings. The predicted octanol–water partition coefficient (Wildman–Crippen LogP) is 1.21. The van der Waals surface area contributed by atoms with E-state index < -0.39 is 17.9 Å². The molecule has 18 heavy (non-hydrogen) atoms. The van der Waals surface area contributed by atoms with Gasteiger partial charge in [-0.1, -0.05) is 6.92 Å². The first-order chi connectivity index (χ1) is 8.40. The summed E-state index contributed by atoms with van der Waals surface area (Å²) in [6.07, 6.45) is 1.58. The number of nitrogens with zero attached hydrogens (tertiary/aromatic N) is 1. The van der Waals surface area contributed by atoms with Gasteiger partial charge in [-0.25, -0.2) is 4.79 Å². The molecule has 0 aromatic carbocycles. The lowest BCUT2D eigenvalue weighted by atomic mass is 9.95. The van der Waals surface area contributed by atoms with Gasteiger partial charge in [0, 0.05) is 19.0 Å². The molecule has 0 aliphatic carbocycles. The minimum atomic E-state index is -1.04. The van der Waals surface area contributed by atoms with Crippen LogP contribution < -0.4 is 5.32 Å². The normalized spacial score (nSPS) is 23.6. The summed E-state index contributed by atoms with van der Waals surface area (Å²) in [6.45, 7) is 4.66. The summed E-state index contributed by atoms with van der Waals surface area (Å²) < 4.78 is 0. The van der Waals surface area contributed by atoms with Crippen LogP contribution in [0.2, 0.25) is 0 Å². The maximum Gasteiger partial charge on any atom is 0.324 e. The minimum absolute atomic E-state index is 0.119. The number of hydrogen-bond acceptors (Lipinski definition) is 3. The van der Waals surface area contributed by atoms with Gasteiger partial charge in [0.1, 0.15) is 0 Å². The van der Waals surface area contributed by atoms with Crippen LogP contribution in [-0.4, -0.2) is 40.5 Å². The van der Waals surface area contributed by atoms with Gasteiger partial charge in [0.25, 0.3) is 0 Å². The van der Waals surface area contributed by atoms with E-state index in [1.54, 1.807) is 4.90 Å². The zero-order valence-corrected chi connectivity index (χ0v) is 10.8. The fourth-order valence-electron chi connectivity index (χ4n) is 2.05. The van der Waals surface area contributed by atoms with Crippen molar-refractivity contribution in [2.45, 2.75) is 45.6 Å². The number of rotatable bonds is 3. The van der Waals surface area contributed by atoms with Gasteiger partial charge < -0.3 is 10.0 Å². The van der Waals surface area contributed by atoms with Crippen molar-refractivity contribution >= 4 is 17.9 Å². The molecule has 1 fully saturated rings. The van der Waals surface area contributed by atoms with Gasteiger partial charge in [-0.05, 0) is 25.7 Å². The molecule has 6 heteroatoms. The minimum Gasteiger partial charge on any atom is -0.481 e. The highest BCUT2D eigenvalue weighted by Crippen LogP contribution is 2.21. The third-order valence-electron chi connectivity index (χ3n) is 3.19. The molecule has 0 aromatic heterocycles. The Balaban J connectivity index is 2.43. The summed E-state index contributed by atoms with van der Waals surface area (Å²) in [7, 11) is 0. The van der Waals surface area contributed by atoms with E-state index in [9.17, 15) is 14.4 Å². The molecule has 1 saturated heterocycles. The van der Waals surface area contributed by atoms with E-state index in [0.717, 1.165) is 12.8 Å². The number of imide groups is 1. The zero-order chi connectivity index (χ0) is 13.7. The highest BCUT2D eigenvalue weighted by molar-refractivity contribution is 5.95. The fraction of sp³-hybridized carbons (Fsp3) is 0.750. The molecule has 2 atom stereocenters. The second-order valence-electron chi connectivity index (χ2n) is 4.93. The third-order valence-corrected chi connectivity index (χ3v) is 3.19. The Bertz CT molecular complexity index is 343. The number of aliphatic carboxylic acids is 1. The molecule has 2 N–H and O–H groups in total. The molecule has 1 aliphatic heterocycles. The largest absolute Gasteiger partial charge is 0.481 e. The number of carboxylic acids is 1. The maximum absolute atomic E-state index is 11.9. The Morgan fingerprint density at radius 1 is 1.22 bits per heavy atom. The molecule has 2 unspecified atom stereocenters. The number of carboxylic acid groups (broad SMARTS) is 1. The Labute approximate surface area is 106 Å². The number of carbonyl (C=O) groups excluding carboxylic acids is 2. The second-order valence-corrected chi connectivity index (χ2v) is 4.93. The van der Waals surface area contributed by atoms with Gasteiger partial charge in [0.15, 0.2) is 0 Å². The van der Waals surface area contributed by atoms with Crippen molar-refractivity contribution < 1.29 is 19.5 Å². The standard InChI is InChI=1S/C12H20N2O4/c1-8-3-4-9(2)14(7-8)12(18)13-10(15)5-6-11(16)17/h8-9H,3-7H2,1-2H3,(H,16,17)(H,13,15,18). The van der Waals surface area contributed by atoms with Crippen LogP contribution in [0, 0.1) is 5.92 Å². The summed E-state index contributed by atoms with van der Waals surface area (Å²) in [6, 6.07) is -0.294. The van der Waals surface area contributed by atoms with Crippen LogP contribution in [0.5, 0.6) is 0 Å². The number of likely N-dealkylation sites (tertiary alicyclic amines) is 1. The third kappa shape index (κ3) is 4.35. The van der Waals surface area contributed by atoms with E-state index in [1.807, 2.05) is 6.92 Å². The molecule has 0 saturated carbocycles. The number of carbonyl (C=O) groups is 3. The van der Waals surface area contributed by atoms with Gasteiger partial charge in [-0.3, -0.25) is 14.9 Å². The molecule has 1 heterocycles. The Kier molecular flexibility index (Phi) is 5.12. The Hall–Kier alpha value is -1.59.